The quantitative estimate of drug-likeness (QED) is 0.513. The number of ether oxygens (including phenoxy) is 1. The van der Waals surface area contributed by atoms with Crippen LogP contribution in [0.5, 0.6) is 5.75 Å². The first kappa shape index (κ1) is 19.6. The number of imidazole rings is 1. The van der Waals surface area contributed by atoms with Crippen molar-refractivity contribution in [3.8, 4) is 16.9 Å². The fourth-order valence-electron chi connectivity index (χ4n) is 3.82. The van der Waals surface area contributed by atoms with Gasteiger partial charge in [0.25, 0.3) is 0 Å². The van der Waals surface area contributed by atoms with E-state index >= 15 is 0 Å². The molecule has 0 radical (unpaired) electrons. The van der Waals surface area contributed by atoms with Crippen LogP contribution in [-0.4, -0.2) is 22.8 Å². The Balaban J connectivity index is 1.57. The van der Waals surface area contributed by atoms with Crippen LogP contribution in [0.4, 0.5) is 13.2 Å². The molecule has 0 aliphatic heterocycles. The van der Waals surface area contributed by atoms with Gasteiger partial charge in [0.05, 0.1) is 11.0 Å². The molecule has 0 saturated heterocycles. The van der Waals surface area contributed by atoms with Crippen molar-refractivity contribution in [3.63, 3.8) is 0 Å². The summed E-state index contributed by atoms with van der Waals surface area (Å²) in [5.41, 5.74) is 3.07. The Morgan fingerprint density at radius 1 is 1.07 bits per heavy atom. The lowest BCUT2D eigenvalue weighted by Crippen LogP contribution is -2.19. The second-order valence-corrected chi connectivity index (χ2v) is 7.51. The predicted molar refractivity (Wildman–Crippen MR) is 109 cm³/mol. The number of fused-ring (bicyclic) bond motifs is 1. The van der Waals surface area contributed by atoms with Crippen LogP contribution in [-0.2, 0) is 0 Å². The summed E-state index contributed by atoms with van der Waals surface area (Å²) < 4.78 is 42.7. The molecule has 0 unspecified atom stereocenters. The molecule has 6 heteroatoms. The number of hydrogen-bond acceptors (Lipinski definition) is 2. The van der Waals surface area contributed by atoms with Gasteiger partial charge >= 0.3 is 6.18 Å². The molecule has 1 aliphatic rings. The molecule has 0 atom stereocenters. The third-order valence-electron chi connectivity index (χ3n) is 5.27. The molecule has 1 heterocycles. The first-order chi connectivity index (χ1) is 14.0. The Hall–Kier alpha value is -2.76. The summed E-state index contributed by atoms with van der Waals surface area (Å²) in [5, 5.41) is 0. The minimum atomic E-state index is -4.37. The minimum absolute atomic E-state index is 0.209. The molecule has 0 amide bonds. The number of allylic oxidation sites excluding steroid dienone is 1. The second kappa shape index (κ2) is 8.31. The van der Waals surface area contributed by atoms with Gasteiger partial charge in [0.15, 0.2) is 6.61 Å². The lowest BCUT2D eigenvalue weighted by molar-refractivity contribution is -0.153. The maximum atomic E-state index is 12.5. The van der Waals surface area contributed by atoms with E-state index in [1.807, 2.05) is 24.3 Å². The fraction of sp³-hybridized carbons (Fsp3) is 0.348. The van der Waals surface area contributed by atoms with Gasteiger partial charge in [-0.1, -0.05) is 49.6 Å². The Labute approximate surface area is 167 Å². The maximum Gasteiger partial charge on any atom is 0.422 e. The standard InChI is InChI=1S/C23H23F3N2O/c24-23(25,26)15-29-21-9-5-4-8-18(21)17-11-12-19-20(14-17)28-22(27-19)13-10-16-6-2-1-3-7-16/h4-5,8-14,16H,1-3,6-7,15H2,(H,27,28). The number of hydrogen-bond donors (Lipinski definition) is 1. The minimum Gasteiger partial charge on any atom is -0.483 e. The van der Waals surface area contributed by atoms with Crippen LogP contribution < -0.4 is 4.74 Å². The molecule has 1 saturated carbocycles. The normalized spacial score (nSPS) is 16.0. The zero-order valence-corrected chi connectivity index (χ0v) is 16.0. The van der Waals surface area contributed by atoms with Crippen molar-refractivity contribution in [2.24, 2.45) is 5.92 Å². The average molecular weight is 400 g/mol. The fourth-order valence-corrected chi connectivity index (χ4v) is 3.82. The van der Waals surface area contributed by atoms with E-state index in [2.05, 4.69) is 16.0 Å². The highest BCUT2D eigenvalue weighted by atomic mass is 19.4. The predicted octanol–water partition coefficient (Wildman–Crippen LogP) is 6.76. The van der Waals surface area contributed by atoms with Crippen molar-refractivity contribution >= 4 is 17.1 Å². The molecule has 3 nitrogen and oxygen atoms in total. The number of nitrogens with one attached hydrogen (secondary N) is 1. The van der Waals surface area contributed by atoms with Gasteiger partial charge in [-0.2, -0.15) is 13.2 Å². The van der Waals surface area contributed by atoms with E-state index in [9.17, 15) is 13.2 Å². The van der Waals surface area contributed by atoms with Crippen LogP contribution in [0.2, 0.25) is 0 Å². The van der Waals surface area contributed by atoms with Gasteiger partial charge in [-0.3, -0.25) is 0 Å². The second-order valence-electron chi connectivity index (χ2n) is 7.51. The van der Waals surface area contributed by atoms with Crippen LogP contribution in [0.25, 0.3) is 28.2 Å². The van der Waals surface area contributed by atoms with E-state index in [1.165, 1.54) is 32.1 Å². The van der Waals surface area contributed by atoms with Crippen molar-refractivity contribution in [1.82, 2.24) is 9.97 Å². The van der Waals surface area contributed by atoms with Crippen LogP contribution in [0.3, 0.4) is 0 Å². The van der Waals surface area contributed by atoms with Gasteiger partial charge in [-0.25, -0.2) is 4.98 Å². The Morgan fingerprint density at radius 2 is 1.86 bits per heavy atom. The average Bonchev–Trinajstić information content (AvgIpc) is 3.13. The zero-order chi connectivity index (χ0) is 20.3. The summed E-state index contributed by atoms with van der Waals surface area (Å²) in [4.78, 5) is 7.90. The van der Waals surface area contributed by atoms with Crippen LogP contribution >= 0.6 is 0 Å². The van der Waals surface area contributed by atoms with Gasteiger partial charge in [0.1, 0.15) is 11.6 Å². The molecule has 0 spiro atoms. The van der Waals surface area contributed by atoms with Crippen molar-refractivity contribution in [2.75, 3.05) is 6.61 Å². The molecule has 0 bridgehead atoms. The van der Waals surface area contributed by atoms with Crippen LogP contribution in [0, 0.1) is 5.92 Å². The number of nitrogens with zero attached hydrogens (tertiary/aromatic N) is 1. The van der Waals surface area contributed by atoms with Gasteiger partial charge in [0.2, 0.25) is 0 Å². The summed E-state index contributed by atoms with van der Waals surface area (Å²) in [7, 11) is 0. The number of alkyl halides is 3. The van der Waals surface area contributed by atoms with Crippen molar-refractivity contribution in [1.29, 1.82) is 0 Å². The maximum absolute atomic E-state index is 12.5. The van der Waals surface area contributed by atoms with Crippen LogP contribution in [0.15, 0.2) is 48.5 Å². The van der Waals surface area contributed by atoms with E-state index < -0.39 is 12.8 Å². The largest absolute Gasteiger partial charge is 0.483 e. The van der Waals surface area contributed by atoms with Crippen LogP contribution in [0.1, 0.15) is 37.9 Å². The zero-order valence-electron chi connectivity index (χ0n) is 16.0. The number of aromatic amines is 1. The molecule has 1 aromatic heterocycles. The Bertz CT molecular complexity index is 1000. The lowest BCUT2D eigenvalue weighted by atomic mass is 9.89. The molecular formula is C23H23F3N2O. The molecule has 1 aliphatic carbocycles. The Kier molecular flexibility index (Phi) is 5.60. The van der Waals surface area contributed by atoms with Crippen molar-refractivity contribution in [2.45, 2.75) is 38.3 Å². The number of benzene rings is 2. The monoisotopic (exact) mass is 400 g/mol. The molecule has 2 aromatic carbocycles. The highest BCUT2D eigenvalue weighted by molar-refractivity contribution is 5.84. The van der Waals surface area contributed by atoms with E-state index in [0.29, 0.717) is 11.5 Å². The number of halogens is 3. The SMILES string of the molecule is FC(F)(F)COc1ccccc1-c1ccc2nc(C=CC3CCCCC3)[nH]c2c1. The van der Waals surface area contributed by atoms with Gasteiger partial charge in [0, 0.05) is 5.56 Å². The molecule has 4 rings (SSSR count). The number of para-hydroxylation sites is 1. The van der Waals surface area contributed by atoms with E-state index in [1.54, 1.807) is 24.3 Å². The lowest BCUT2D eigenvalue weighted by Gasteiger charge is -2.17. The highest BCUT2D eigenvalue weighted by Crippen LogP contribution is 2.33. The summed E-state index contributed by atoms with van der Waals surface area (Å²) in [6.07, 6.45) is 6.26. The number of rotatable bonds is 5. The molecule has 29 heavy (non-hydrogen) atoms. The first-order valence-corrected chi connectivity index (χ1v) is 9.95. The van der Waals surface area contributed by atoms with E-state index in [4.69, 9.17) is 4.74 Å². The number of aromatic nitrogens is 2. The third-order valence-corrected chi connectivity index (χ3v) is 5.27. The van der Waals surface area contributed by atoms with Gasteiger partial charge in [-0.05, 0) is 48.6 Å². The molecule has 152 valence electrons. The first-order valence-electron chi connectivity index (χ1n) is 9.95. The smallest absolute Gasteiger partial charge is 0.422 e. The number of H-pyrrole nitrogens is 1. The van der Waals surface area contributed by atoms with Crippen molar-refractivity contribution < 1.29 is 17.9 Å². The summed E-state index contributed by atoms with van der Waals surface area (Å²) >= 11 is 0. The summed E-state index contributed by atoms with van der Waals surface area (Å²) in [6, 6.07) is 12.4. The highest BCUT2D eigenvalue weighted by Gasteiger charge is 2.28. The molecule has 1 fully saturated rings. The van der Waals surface area contributed by atoms with E-state index in [-0.39, 0.29) is 5.75 Å². The summed E-state index contributed by atoms with van der Waals surface area (Å²) in [5.74, 6) is 1.62. The summed E-state index contributed by atoms with van der Waals surface area (Å²) in [6.45, 7) is -1.31. The Morgan fingerprint density at radius 3 is 2.66 bits per heavy atom. The van der Waals surface area contributed by atoms with Crippen molar-refractivity contribution in [3.05, 3.63) is 54.4 Å². The molecule has 1 N–H and O–H groups in total. The molecule has 3 aromatic rings. The third kappa shape index (κ3) is 5.00. The van der Waals surface area contributed by atoms with Gasteiger partial charge in [-0.15, -0.1) is 0 Å². The topological polar surface area (TPSA) is 37.9 Å². The van der Waals surface area contributed by atoms with Gasteiger partial charge < -0.3 is 9.72 Å². The molecular weight excluding hydrogens is 377 g/mol. The van der Waals surface area contributed by atoms with E-state index in [0.717, 1.165) is 22.4 Å².